The van der Waals surface area contributed by atoms with E-state index in [0.29, 0.717) is 31.4 Å². The molecule has 88 valence electrons. The van der Waals surface area contributed by atoms with Gasteiger partial charge >= 0.3 is 0 Å². The summed E-state index contributed by atoms with van der Waals surface area (Å²) in [5.74, 6) is 0.661. The predicted molar refractivity (Wildman–Crippen MR) is 59.4 cm³/mol. The lowest BCUT2D eigenvalue weighted by Gasteiger charge is -2.14. The van der Waals surface area contributed by atoms with Crippen molar-refractivity contribution < 1.29 is 9.90 Å². The Balaban J connectivity index is 2.56. The molecule has 1 rings (SSSR count). The minimum absolute atomic E-state index is 0.183. The van der Waals surface area contributed by atoms with Gasteiger partial charge in [0, 0.05) is 18.8 Å². The van der Waals surface area contributed by atoms with Crippen LogP contribution in [0.4, 0.5) is 5.82 Å². The molecule has 0 fully saturated rings. The lowest BCUT2D eigenvalue weighted by Crippen LogP contribution is -2.26. The molecule has 0 aromatic carbocycles. The van der Waals surface area contributed by atoms with Gasteiger partial charge in [-0.15, -0.1) is 0 Å². The first-order chi connectivity index (χ1) is 7.67. The number of carbonyl (C=O) groups excluding carboxylic acids is 1. The van der Waals surface area contributed by atoms with E-state index in [1.165, 1.54) is 0 Å². The molecule has 0 aliphatic heterocycles. The molecule has 1 aromatic rings. The average molecular weight is 243 g/mol. The molecule has 0 saturated heterocycles. The summed E-state index contributed by atoms with van der Waals surface area (Å²) < 4.78 is 0. The Morgan fingerprint density at radius 1 is 1.69 bits per heavy atom. The molecular weight excluding hydrogens is 230 g/mol. The van der Waals surface area contributed by atoms with E-state index in [4.69, 9.17) is 11.6 Å². The number of nitrogens with zero attached hydrogens (tertiary/aromatic N) is 2. The van der Waals surface area contributed by atoms with Crippen molar-refractivity contribution in [1.82, 2.24) is 9.97 Å². The normalized spacial score (nSPS) is 12.2. The molecular formula is C10H13ClN3O2-. The van der Waals surface area contributed by atoms with Crippen LogP contribution in [0.2, 0.25) is 5.28 Å². The van der Waals surface area contributed by atoms with Crippen LogP contribution in [0.5, 0.6) is 0 Å². The molecule has 1 N–H and O–H groups in total. The Bertz CT molecular complexity index is 360. The molecule has 1 atom stereocenters. The van der Waals surface area contributed by atoms with E-state index in [-0.39, 0.29) is 5.28 Å². The molecule has 0 amide bonds. The van der Waals surface area contributed by atoms with Gasteiger partial charge in [0.1, 0.15) is 12.1 Å². The minimum atomic E-state index is -1.13. The van der Waals surface area contributed by atoms with E-state index in [0.717, 1.165) is 5.56 Å². The summed E-state index contributed by atoms with van der Waals surface area (Å²) in [7, 11) is 1.74. The van der Waals surface area contributed by atoms with Crippen molar-refractivity contribution in [2.75, 3.05) is 12.4 Å². The first-order valence-corrected chi connectivity index (χ1v) is 5.35. The van der Waals surface area contributed by atoms with E-state index in [1.807, 2.05) is 0 Å². The molecule has 0 saturated carbocycles. The number of anilines is 1. The average Bonchev–Trinajstić information content (AvgIpc) is 2.30. The van der Waals surface area contributed by atoms with Gasteiger partial charge in [0.25, 0.3) is 0 Å². The minimum Gasteiger partial charge on any atom is -0.847 e. The number of hydrogen-bond acceptors (Lipinski definition) is 5. The van der Waals surface area contributed by atoms with Gasteiger partial charge < -0.3 is 15.2 Å². The summed E-state index contributed by atoms with van der Waals surface area (Å²) in [5, 5.41) is 13.9. The third-order valence-electron chi connectivity index (χ3n) is 2.16. The fourth-order valence-corrected chi connectivity index (χ4v) is 1.48. The summed E-state index contributed by atoms with van der Waals surface area (Å²) in [5.41, 5.74) is 0.894. The number of hydrogen-bond donors (Lipinski definition) is 1. The molecule has 1 heterocycles. The molecule has 0 radical (unpaired) electrons. The van der Waals surface area contributed by atoms with Crippen molar-refractivity contribution >= 4 is 23.7 Å². The zero-order valence-corrected chi connectivity index (χ0v) is 9.70. The lowest BCUT2D eigenvalue weighted by atomic mass is 10.1. The Morgan fingerprint density at radius 3 is 3.06 bits per heavy atom. The van der Waals surface area contributed by atoms with Gasteiger partial charge in [-0.25, -0.2) is 9.97 Å². The molecule has 0 bridgehead atoms. The molecule has 0 aliphatic carbocycles. The summed E-state index contributed by atoms with van der Waals surface area (Å²) in [4.78, 5) is 18.0. The SMILES string of the molecule is CNc1nc(Cl)ncc1CCCC([O-])C=O. The highest BCUT2D eigenvalue weighted by Crippen LogP contribution is 2.15. The number of aryl methyl sites for hydroxylation is 1. The topological polar surface area (TPSA) is 77.9 Å². The van der Waals surface area contributed by atoms with Gasteiger partial charge in [0.2, 0.25) is 5.28 Å². The van der Waals surface area contributed by atoms with Gasteiger partial charge in [-0.1, -0.05) is 12.5 Å². The van der Waals surface area contributed by atoms with Crippen LogP contribution in [-0.2, 0) is 11.2 Å². The van der Waals surface area contributed by atoms with E-state index in [9.17, 15) is 9.90 Å². The van der Waals surface area contributed by atoms with Crippen LogP contribution in [0.25, 0.3) is 0 Å². The third kappa shape index (κ3) is 3.75. The van der Waals surface area contributed by atoms with Crippen LogP contribution >= 0.6 is 11.6 Å². The fourth-order valence-electron chi connectivity index (χ4n) is 1.35. The highest BCUT2D eigenvalue weighted by Gasteiger charge is 2.04. The van der Waals surface area contributed by atoms with Gasteiger partial charge in [-0.3, -0.25) is 0 Å². The summed E-state index contributed by atoms with van der Waals surface area (Å²) in [6, 6.07) is 0. The van der Waals surface area contributed by atoms with E-state index in [1.54, 1.807) is 13.2 Å². The van der Waals surface area contributed by atoms with Gasteiger partial charge in [-0.05, 0) is 24.4 Å². The fraction of sp³-hybridized carbons (Fsp3) is 0.500. The van der Waals surface area contributed by atoms with Crippen LogP contribution in [0.1, 0.15) is 18.4 Å². The zero-order chi connectivity index (χ0) is 12.0. The highest BCUT2D eigenvalue weighted by atomic mass is 35.5. The van der Waals surface area contributed by atoms with Crippen LogP contribution in [0.15, 0.2) is 6.20 Å². The van der Waals surface area contributed by atoms with Crippen molar-refractivity contribution in [2.45, 2.75) is 25.4 Å². The van der Waals surface area contributed by atoms with Gasteiger partial charge in [0.05, 0.1) is 0 Å². The van der Waals surface area contributed by atoms with Crippen molar-refractivity contribution in [3.63, 3.8) is 0 Å². The van der Waals surface area contributed by atoms with E-state index >= 15 is 0 Å². The smallest absolute Gasteiger partial charge is 0.224 e. The van der Waals surface area contributed by atoms with Crippen LogP contribution in [-0.4, -0.2) is 29.4 Å². The summed E-state index contributed by atoms with van der Waals surface area (Å²) >= 11 is 5.64. The van der Waals surface area contributed by atoms with E-state index < -0.39 is 6.10 Å². The zero-order valence-electron chi connectivity index (χ0n) is 8.94. The Morgan fingerprint density at radius 2 is 2.44 bits per heavy atom. The van der Waals surface area contributed by atoms with Crippen LogP contribution in [0, 0.1) is 0 Å². The Kier molecular flexibility index (Phi) is 5.14. The quantitative estimate of drug-likeness (QED) is 0.578. The second kappa shape index (κ2) is 6.40. The van der Waals surface area contributed by atoms with Crippen molar-refractivity contribution in [3.8, 4) is 0 Å². The number of halogens is 1. The molecule has 16 heavy (non-hydrogen) atoms. The first kappa shape index (κ1) is 12.9. The Labute approximate surface area is 98.9 Å². The van der Waals surface area contributed by atoms with Crippen molar-refractivity contribution in [3.05, 3.63) is 17.0 Å². The maximum atomic E-state index is 10.9. The number of nitrogens with one attached hydrogen (secondary N) is 1. The molecule has 1 unspecified atom stereocenters. The third-order valence-corrected chi connectivity index (χ3v) is 2.34. The summed E-state index contributed by atoms with van der Waals surface area (Å²) in [6.07, 6.45) is 2.53. The Hall–Kier alpha value is -1.20. The van der Waals surface area contributed by atoms with Gasteiger partial charge in [0.15, 0.2) is 0 Å². The number of aromatic nitrogens is 2. The standard InChI is InChI=1S/C10H13ClN3O2/c1-12-9-7(5-13-10(11)14-9)3-2-4-8(16)6-15/h5-6,8H,2-4H2,1H3,(H,12,13,14)/q-1. The van der Waals surface area contributed by atoms with Crippen LogP contribution < -0.4 is 10.4 Å². The molecule has 0 aliphatic rings. The summed E-state index contributed by atoms with van der Waals surface area (Å²) in [6.45, 7) is 0. The lowest BCUT2D eigenvalue weighted by molar-refractivity contribution is -0.401. The predicted octanol–water partition coefficient (Wildman–Crippen LogP) is 0.422. The monoisotopic (exact) mass is 242 g/mol. The van der Waals surface area contributed by atoms with Crippen LogP contribution in [0.3, 0.4) is 0 Å². The van der Waals surface area contributed by atoms with E-state index in [2.05, 4.69) is 15.3 Å². The highest BCUT2D eigenvalue weighted by molar-refractivity contribution is 6.28. The maximum absolute atomic E-state index is 10.9. The molecule has 6 heteroatoms. The number of carbonyl (C=O) groups is 1. The molecule has 1 aromatic heterocycles. The second-order valence-electron chi connectivity index (χ2n) is 3.33. The first-order valence-electron chi connectivity index (χ1n) is 4.97. The number of rotatable bonds is 6. The van der Waals surface area contributed by atoms with Crippen molar-refractivity contribution in [1.29, 1.82) is 0 Å². The van der Waals surface area contributed by atoms with Gasteiger partial charge in [-0.2, -0.15) is 0 Å². The molecule has 0 spiro atoms. The largest absolute Gasteiger partial charge is 0.847 e. The maximum Gasteiger partial charge on any atom is 0.224 e. The van der Waals surface area contributed by atoms with Crippen molar-refractivity contribution in [2.24, 2.45) is 0 Å². The number of aldehydes is 1. The molecule has 5 nitrogen and oxygen atoms in total. The second-order valence-corrected chi connectivity index (χ2v) is 3.67.